The molecule has 0 N–H and O–H groups in total. The number of likely N-dealkylation sites (tertiary alicyclic amines) is 1. The maximum absolute atomic E-state index is 12.2. The molecule has 4 rings (SSSR count). The molecule has 0 bridgehead atoms. The quantitative estimate of drug-likeness (QED) is 0.699. The zero-order valence-corrected chi connectivity index (χ0v) is 16.5. The van der Waals surface area contributed by atoms with Gasteiger partial charge in [-0.1, -0.05) is 0 Å². The maximum Gasteiger partial charge on any atom is 0.345 e. The average Bonchev–Trinajstić information content (AvgIpc) is 3.17. The van der Waals surface area contributed by atoms with Gasteiger partial charge < -0.3 is 0 Å². The summed E-state index contributed by atoms with van der Waals surface area (Å²) in [6.45, 7) is 9.59. The van der Waals surface area contributed by atoms with Gasteiger partial charge >= 0.3 is 5.69 Å². The molecule has 1 saturated heterocycles. The van der Waals surface area contributed by atoms with Crippen molar-refractivity contribution in [1.29, 1.82) is 0 Å². The highest BCUT2D eigenvalue weighted by atomic mass is 16.2. The Morgan fingerprint density at radius 2 is 1.96 bits per heavy atom. The summed E-state index contributed by atoms with van der Waals surface area (Å²) in [5.74, 6) is 1.29. The van der Waals surface area contributed by atoms with E-state index in [1.165, 1.54) is 10.2 Å². The van der Waals surface area contributed by atoms with Crippen molar-refractivity contribution in [2.45, 2.75) is 52.6 Å². The first-order valence-corrected chi connectivity index (χ1v) is 9.65. The molecule has 1 aliphatic heterocycles. The monoisotopic (exact) mass is 369 g/mol. The molecule has 0 atom stereocenters. The molecule has 4 heterocycles. The van der Waals surface area contributed by atoms with Crippen LogP contribution in [0.25, 0.3) is 5.65 Å². The summed E-state index contributed by atoms with van der Waals surface area (Å²) >= 11 is 0. The van der Waals surface area contributed by atoms with Crippen molar-refractivity contribution in [3.63, 3.8) is 0 Å². The largest absolute Gasteiger partial charge is 0.345 e. The number of hydrogen-bond acceptors (Lipinski definition) is 5. The third-order valence-electron chi connectivity index (χ3n) is 5.55. The van der Waals surface area contributed by atoms with Crippen LogP contribution in [-0.2, 0) is 20.1 Å². The number of fused-ring (bicyclic) bond motifs is 1. The first-order valence-electron chi connectivity index (χ1n) is 9.65. The number of aromatic nitrogens is 6. The van der Waals surface area contributed by atoms with Gasteiger partial charge in [0.05, 0.1) is 6.20 Å². The Morgan fingerprint density at radius 1 is 1.22 bits per heavy atom. The van der Waals surface area contributed by atoms with Gasteiger partial charge in [0.15, 0.2) is 5.65 Å². The second-order valence-corrected chi connectivity index (χ2v) is 7.50. The SMILES string of the molecule is CCn1c(C2CCN(Cc3cnn4c(C)cc(C)nc34)CC2)nn(C)c1=O. The van der Waals surface area contributed by atoms with Crippen molar-refractivity contribution >= 4 is 5.65 Å². The molecule has 1 aliphatic rings. The molecule has 8 nitrogen and oxygen atoms in total. The van der Waals surface area contributed by atoms with Gasteiger partial charge in [0.1, 0.15) is 5.82 Å². The topological polar surface area (TPSA) is 73.2 Å². The fraction of sp³-hybridized carbons (Fsp3) is 0.579. The molecule has 0 amide bonds. The first kappa shape index (κ1) is 17.9. The fourth-order valence-corrected chi connectivity index (χ4v) is 4.14. The van der Waals surface area contributed by atoms with E-state index in [2.05, 4.69) is 33.1 Å². The molecule has 0 radical (unpaired) electrons. The molecule has 144 valence electrons. The minimum absolute atomic E-state index is 0.0156. The lowest BCUT2D eigenvalue weighted by Crippen LogP contribution is -2.33. The van der Waals surface area contributed by atoms with E-state index in [0.29, 0.717) is 12.5 Å². The lowest BCUT2D eigenvalue weighted by atomic mass is 9.95. The van der Waals surface area contributed by atoms with Gasteiger partial charge in [0.2, 0.25) is 0 Å². The van der Waals surface area contributed by atoms with Crippen molar-refractivity contribution < 1.29 is 0 Å². The third-order valence-corrected chi connectivity index (χ3v) is 5.55. The smallest absolute Gasteiger partial charge is 0.299 e. The van der Waals surface area contributed by atoms with Crippen LogP contribution in [0.2, 0.25) is 0 Å². The van der Waals surface area contributed by atoms with Crippen molar-refractivity contribution in [2.24, 2.45) is 7.05 Å². The molecular formula is C19H27N7O. The Labute approximate surface area is 158 Å². The lowest BCUT2D eigenvalue weighted by Gasteiger charge is -2.31. The molecule has 8 heteroatoms. The molecule has 1 fully saturated rings. The molecule has 3 aromatic rings. The van der Waals surface area contributed by atoms with E-state index < -0.39 is 0 Å². The number of rotatable bonds is 4. The molecule has 0 saturated carbocycles. The summed E-state index contributed by atoms with van der Waals surface area (Å²) in [5, 5.41) is 8.99. The Bertz CT molecular complexity index is 1020. The van der Waals surface area contributed by atoms with Gasteiger partial charge in [-0.3, -0.25) is 9.47 Å². The van der Waals surface area contributed by atoms with Crippen molar-refractivity contribution in [3.8, 4) is 0 Å². The highest BCUT2D eigenvalue weighted by molar-refractivity contribution is 5.47. The summed E-state index contributed by atoms with van der Waals surface area (Å²) in [6.07, 6.45) is 3.97. The standard InChI is InChI=1S/C19H27N7O/c1-5-25-18(22-23(4)19(25)27)15-6-8-24(9-7-15)12-16-11-20-26-14(3)10-13(2)21-17(16)26/h10-11,15H,5-9,12H2,1-4H3. The van der Waals surface area contributed by atoms with Crippen LogP contribution in [0.5, 0.6) is 0 Å². The van der Waals surface area contributed by atoms with Crippen LogP contribution >= 0.6 is 0 Å². The summed E-state index contributed by atoms with van der Waals surface area (Å²) in [4.78, 5) is 19.3. The second-order valence-electron chi connectivity index (χ2n) is 7.50. The maximum atomic E-state index is 12.2. The van der Waals surface area contributed by atoms with Crippen LogP contribution in [0.1, 0.15) is 48.5 Å². The molecule has 0 spiro atoms. The van der Waals surface area contributed by atoms with Gasteiger partial charge in [-0.15, -0.1) is 0 Å². The van der Waals surface area contributed by atoms with Gasteiger partial charge in [0.25, 0.3) is 0 Å². The van der Waals surface area contributed by atoms with Crippen LogP contribution in [0, 0.1) is 13.8 Å². The van der Waals surface area contributed by atoms with Crippen LogP contribution < -0.4 is 5.69 Å². The Morgan fingerprint density at radius 3 is 2.67 bits per heavy atom. The molecule has 3 aromatic heterocycles. The van der Waals surface area contributed by atoms with Crippen LogP contribution in [0.4, 0.5) is 0 Å². The predicted molar refractivity (Wildman–Crippen MR) is 103 cm³/mol. The van der Waals surface area contributed by atoms with Gasteiger partial charge in [-0.25, -0.2) is 19.0 Å². The average molecular weight is 369 g/mol. The van der Waals surface area contributed by atoms with E-state index in [4.69, 9.17) is 0 Å². The zero-order valence-electron chi connectivity index (χ0n) is 16.5. The number of aryl methyl sites for hydroxylation is 3. The Hall–Kier alpha value is -2.48. The zero-order chi connectivity index (χ0) is 19.1. The minimum atomic E-state index is -0.0156. The lowest BCUT2D eigenvalue weighted by molar-refractivity contribution is 0.200. The Balaban J connectivity index is 1.48. The van der Waals surface area contributed by atoms with Crippen LogP contribution in [0.15, 0.2) is 17.1 Å². The summed E-state index contributed by atoms with van der Waals surface area (Å²) in [7, 11) is 1.73. The number of hydrogen-bond donors (Lipinski definition) is 0. The Kier molecular flexibility index (Phi) is 4.59. The summed E-state index contributed by atoms with van der Waals surface area (Å²) < 4.78 is 5.19. The van der Waals surface area contributed by atoms with Gasteiger partial charge in [-0.05, 0) is 52.8 Å². The second kappa shape index (κ2) is 6.92. The first-order chi connectivity index (χ1) is 13.0. The fourth-order valence-electron chi connectivity index (χ4n) is 4.14. The van der Waals surface area contributed by atoms with E-state index in [0.717, 1.165) is 55.3 Å². The molecular weight excluding hydrogens is 342 g/mol. The summed E-state index contributed by atoms with van der Waals surface area (Å²) in [5.41, 5.74) is 4.24. The predicted octanol–water partition coefficient (Wildman–Crippen LogP) is 1.64. The number of nitrogens with zero attached hydrogens (tertiary/aromatic N) is 7. The highest BCUT2D eigenvalue weighted by Gasteiger charge is 2.26. The molecule has 0 aromatic carbocycles. The van der Waals surface area contributed by atoms with Gasteiger partial charge in [0, 0.05) is 43.0 Å². The number of piperidine rings is 1. The van der Waals surface area contributed by atoms with Gasteiger partial charge in [-0.2, -0.15) is 10.2 Å². The highest BCUT2D eigenvalue weighted by Crippen LogP contribution is 2.27. The minimum Gasteiger partial charge on any atom is -0.299 e. The van der Waals surface area contributed by atoms with Crippen molar-refractivity contribution in [2.75, 3.05) is 13.1 Å². The normalized spacial score (nSPS) is 16.4. The third kappa shape index (κ3) is 3.18. The van der Waals surface area contributed by atoms with Crippen LogP contribution in [0.3, 0.4) is 0 Å². The van der Waals surface area contributed by atoms with Crippen molar-refractivity contribution in [1.82, 2.24) is 33.8 Å². The molecule has 0 unspecified atom stereocenters. The van der Waals surface area contributed by atoms with E-state index in [9.17, 15) is 4.79 Å². The summed E-state index contributed by atoms with van der Waals surface area (Å²) in [6, 6.07) is 2.05. The van der Waals surface area contributed by atoms with Crippen LogP contribution in [-0.4, -0.2) is 46.9 Å². The van der Waals surface area contributed by atoms with Crippen molar-refractivity contribution in [3.05, 3.63) is 45.5 Å². The van der Waals surface area contributed by atoms with E-state index in [1.807, 2.05) is 24.6 Å². The van der Waals surface area contributed by atoms with E-state index in [1.54, 1.807) is 11.6 Å². The van der Waals surface area contributed by atoms with E-state index in [-0.39, 0.29) is 5.69 Å². The van der Waals surface area contributed by atoms with E-state index >= 15 is 0 Å². The molecule has 27 heavy (non-hydrogen) atoms. The molecule has 0 aliphatic carbocycles.